The summed E-state index contributed by atoms with van der Waals surface area (Å²) in [7, 11) is -2.04. The number of carbonyl (C=O) groups excluding carboxylic acids is 1. The van der Waals surface area contributed by atoms with E-state index in [9.17, 15) is 13.2 Å². The summed E-state index contributed by atoms with van der Waals surface area (Å²) in [5.74, 6) is -0.130. The van der Waals surface area contributed by atoms with Crippen LogP contribution in [0.5, 0.6) is 0 Å². The first-order chi connectivity index (χ1) is 9.70. The second-order valence-corrected chi connectivity index (χ2v) is 7.66. The molecule has 6 nitrogen and oxygen atoms in total. The quantitative estimate of drug-likeness (QED) is 0.805. The first-order valence-corrected chi connectivity index (χ1v) is 8.23. The SMILES string of the molecule is CNC(=O)C1(C)CCN(S(=O)(=O)c2ccc(N)cc2C)C1. The van der Waals surface area contributed by atoms with Crippen LogP contribution in [0.3, 0.4) is 0 Å². The van der Waals surface area contributed by atoms with Crippen molar-refractivity contribution >= 4 is 21.6 Å². The Balaban J connectivity index is 2.32. The van der Waals surface area contributed by atoms with Crippen LogP contribution >= 0.6 is 0 Å². The van der Waals surface area contributed by atoms with Gasteiger partial charge in [0.25, 0.3) is 0 Å². The molecule has 21 heavy (non-hydrogen) atoms. The molecule has 1 aromatic carbocycles. The molecule has 1 saturated heterocycles. The number of nitrogens with one attached hydrogen (secondary N) is 1. The van der Waals surface area contributed by atoms with Gasteiger partial charge in [0.2, 0.25) is 15.9 Å². The highest BCUT2D eigenvalue weighted by Crippen LogP contribution is 2.34. The molecule has 1 unspecified atom stereocenters. The maximum absolute atomic E-state index is 12.7. The number of aryl methyl sites for hydroxylation is 1. The fraction of sp³-hybridized carbons (Fsp3) is 0.500. The number of nitrogens with zero attached hydrogens (tertiary/aromatic N) is 1. The van der Waals surface area contributed by atoms with Gasteiger partial charge in [0.15, 0.2) is 0 Å². The van der Waals surface area contributed by atoms with Gasteiger partial charge in [-0.1, -0.05) is 0 Å². The van der Waals surface area contributed by atoms with Gasteiger partial charge in [-0.2, -0.15) is 4.31 Å². The van der Waals surface area contributed by atoms with Crippen LogP contribution in [0.15, 0.2) is 23.1 Å². The predicted octanol–water partition coefficient (Wildman–Crippen LogP) is 0.724. The second kappa shape index (κ2) is 5.31. The number of hydrogen-bond donors (Lipinski definition) is 2. The van der Waals surface area contributed by atoms with E-state index in [1.807, 2.05) is 0 Å². The van der Waals surface area contributed by atoms with Crippen LogP contribution in [0.1, 0.15) is 18.9 Å². The van der Waals surface area contributed by atoms with Gasteiger partial charge in [-0.25, -0.2) is 8.42 Å². The van der Waals surface area contributed by atoms with Crippen molar-refractivity contribution in [3.8, 4) is 0 Å². The standard InChI is InChI=1S/C14H21N3O3S/c1-10-8-11(15)4-5-12(10)21(19,20)17-7-6-14(2,9-17)13(18)16-3/h4-5,8H,6-7,9,15H2,1-3H3,(H,16,18). The van der Waals surface area contributed by atoms with Crippen LogP contribution in [0, 0.1) is 12.3 Å². The third-order valence-electron chi connectivity index (χ3n) is 4.03. The highest BCUT2D eigenvalue weighted by molar-refractivity contribution is 7.89. The summed E-state index contributed by atoms with van der Waals surface area (Å²) in [6, 6.07) is 4.74. The van der Waals surface area contributed by atoms with E-state index in [-0.39, 0.29) is 17.3 Å². The van der Waals surface area contributed by atoms with Crippen molar-refractivity contribution in [2.45, 2.75) is 25.2 Å². The zero-order chi connectivity index (χ0) is 15.8. The summed E-state index contributed by atoms with van der Waals surface area (Å²) in [5.41, 5.74) is 6.13. The average molecular weight is 311 g/mol. The molecule has 1 fully saturated rings. The van der Waals surface area contributed by atoms with Crippen molar-refractivity contribution < 1.29 is 13.2 Å². The van der Waals surface area contributed by atoms with E-state index < -0.39 is 15.4 Å². The summed E-state index contributed by atoms with van der Waals surface area (Å²) < 4.78 is 26.8. The third-order valence-corrected chi connectivity index (χ3v) is 6.04. The maximum atomic E-state index is 12.7. The Labute approximate surface area is 125 Å². The van der Waals surface area contributed by atoms with Crippen molar-refractivity contribution in [3.05, 3.63) is 23.8 Å². The number of nitrogen functional groups attached to an aromatic ring is 1. The van der Waals surface area contributed by atoms with Crippen LogP contribution < -0.4 is 11.1 Å². The normalized spacial score (nSPS) is 23.2. The maximum Gasteiger partial charge on any atom is 0.243 e. The first-order valence-electron chi connectivity index (χ1n) is 6.79. The van der Waals surface area contributed by atoms with Crippen molar-refractivity contribution in [3.63, 3.8) is 0 Å². The van der Waals surface area contributed by atoms with Gasteiger partial charge in [0, 0.05) is 25.8 Å². The fourth-order valence-corrected chi connectivity index (χ4v) is 4.48. The lowest BCUT2D eigenvalue weighted by Gasteiger charge is -2.23. The molecule has 0 radical (unpaired) electrons. The highest BCUT2D eigenvalue weighted by Gasteiger charge is 2.44. The molecular weight excluding hydrogens is 290 g/mol. The molecule has 1 atom stereocenters. The molecule has 1 amide bonds. The number of rotatable bonds is 3. The Hall–Kier alpha value is -1.60. The number of hydrogen-bond acceptors (Lipinski definition) is 4. The van der Waals surface area contributed by atoms with Crippen molar-refractivity contribution in [2.75, 3.05) is 25.9 Å². The minimum atomic E-state index is -3.60. The summed E-state index contributed by atoms with van der Waals surface area (Å²) in [6.07, 6.45) is 0.514. The molecule has 0 bridgehead atoms. The van der Waals surface area contributed by atoms with E-state index in [1.54, 1.807) is 33.0 Å². The first kappa shape index (κ1) is 15.8. The Morgan fingerprint density at radius 1 is 1.43 bits per heavy atom. The Morgan fingerprint density at radius 2 is 2.10 bits per heavy atom. The van der Waals surface area contributed by atoms with Crippen molar-refractivity contribution in [1.82, 2.24) is 9.62 Å². The topological polar surface area (TPSA) is 92.5 Å². The van der Waals surface area contributed by atoms with E-state index in [0.717, 1.165) is 0 Å². The zero-order valence-corrected chi connectivity index (χ0v) is 13.3. The number of sulfonamides is 1. The van der Waals surface area contributed by atoms with Gasteiger partial charge in [0.05, 0.1) is 10.3 Å². The highest BCUT2D eigenvalue weighted by atomic mass is 32.2. The fourth-order valence-electron chi connectivity index (χ4n) is 2.71. The molecule has 0 saturated carbocycles. The predicted molar refractivity (Wildman–Crippen MR) is 81.1 cm³/mol. The van der Waals surface area contributed by atoms with Crippen LogP contribution in [-0.2, 0) is 14.8 Å². The van der Waals surface area contributed by atoms with Crippen molar-refractivity contribution in [1.29, 1.82) is 0 Å². The lowest BCUT2D eigenvalue weighted by Crippen LogP contribution is -2.40. The summed E-state index contributed by atoms with van der Waals surface area (Å²) in [6.45, 7) is 4.04. The van der Waals surface area contributed by atoms with Gasteiger partial charge in [-0.3, -0.25) is 4.79 Å². The third kappa shape index (κ3) is 2.75. The van der Waals surface area contributed by atoms with Crippen LogP contribution in [0.25, 0.3) is 0 Å². The van der Waals surface area contributed by atoms with Crippen LogP contribution in [0.4, 0.5) is 5.69 Å². The molecule has 0 spiro atoms. The minimum Gasteiger partial charge on any atom is -0.399 e. The Kier molecular flexibility index (Phi) is 3.99. The van der Waals surface area contributed by atoms with E-state index in [1.165, 1.54) is 10.4 Å². The number of nitrogens with two attached hydrogens (primary N) is 1. The molecule has 2 rings (SSSR count). The van der Waals surface area contributed by atoms with E-state index in [0.29, 0.717) is 24.2 Å². The molecule has 0 aliphatic carbocycles. The molecule has 1 aromatic rings. The molecule has 1 aliphatic heterocycles. The van der Waals surface area contributed by atoms with E-state index in [4.69, 9.17) is 5.73 Å². The molecule has 3 N–H and O–H groups in total. The van der Waals surface area contributed by atoms with Gasteiger partial charge >= 0.3 is 0 Å². The Morgan fingerprint density at radius 3 is 2.67 bits per heavy atom. The summed E-state index contributed by atoms with van der Waals surface area (Å²) >= 11 is 0. The van der Waals surface area contributed by atoms with E-state index in [2.05, 4.69) is 5.32 Å². The number of anilines is 1. The van der Waals surface area contributed by atoms with Gasteiger partial charge < -0.3 is 11.1 Å². The molecule has 116 valence electrons. The van der Waals surface area contributed by atoms with Gasteiger partial charge in [-0.15, -0.1) is 0 Å². The summed E-state index contributed by atoms with van der Waals surface area (Å²) in [4.78, 5) is 12.2. The second-order valence-electron chi connectivity index (χ2n) is 5.75. The molecule has 0 aromatic heterocycles. The molecule has 1 heterocycles. The zero-order valence-electron chi connectivity index (χ0n) is 12.5. The smallest absolute Gasteiger partial charge is 0.243 e. The lowest BCUT2D eigenvalue weighted by atomic mass is 9.89. The minimum absolute atomic E-state index is 0.130. The Bertz CT molecular complexity index is 672. The van der Waals surface area contributed by atoms with Gasteiger partial charge in [-0.05, 0) is 44.0 Å². The van der Waals surface area contributed by atoms with Gasteiger partial charge in [0.1, 0.15) is 0 Å². The van der Waals surface area contributed by atoms with Crippen molar-refractivity contribution in [2.24, 2.45) is 5.41 Å². The molecule has 7 heteroatoms. The van der Waals surface area contributed by atoms with Crippen LogP contribution in [-0.4, -0.2) is 38.8 Å². The molecule has 1 aliphatic rings. The average Bonchev–Trinajstić information content (AvgIpc) is 2.82. The van der Waals surface area contributed by atoms with Crippen LogP contribution in [0.2, 0.25) is 0 Å². The largest absolute Gasteiger partial charge is 0.399 e. The molecular formula is C14H21N3O3S. The lowest BCUT2D eigenvalue weighted by molar-refractivity contribution is -0.128. The number of benzene rings is 1. The number of carbonyl (C=O) groups is 1. The monoisotopic (exact) mass is 311 g/mol. The number of amides is 1. The van der Waals surface area contributed by atoms with E-state index >= 15 is 0 Å². The summed E-state index contributed by atoms with van der Waals surface area (Å²) in [5, 5.41) is 2.60.